The highest BCUT2D eigenvalue weighted by Crippen LogP contribution is 2.35. The summed E-state index contributed by atoms with van der Waals surface area (Å²) in [6.45, 7) is 4.92. The van der Waals surface area contributed by atoms with Gasteiger partial charge in [-0.1, -0.05) is 22.9 Å². The van der Waals surface area contributed by atoms with E-state index < -0.39 is 16.1 Å². The minimum atomic E-state index is -3.81. The van der Waals surface area contributed by atoms with Crippen molar-refractivity contribution in [2.24, 2.45) is 5.92 Å². The van der Waals surface area contributed by atoms with Crippen LogP contribution in [0.3, 0.4) is 0 Å². The third kappa shape index (κ3) is 5.17. The van der Waals surface area contributed by atoms with E-state index in [-0.39, 0.29) is 30.1 Å². The predicted molar refractivity (Wildman–Crippen MR) is 117 cm³/mol. The zero-order valence-electron chi connectivity index (χ0n) is 17.3. The molecular weight excluding hydrogens is 472 g/mol. The van der Waals surface area contributed by atoms with Crippen molar-refractivity contribution < 1.29 is 18.3 Å². The molecule has 0 saturated carbocycles. The molecule has 0 spiro atoms. The number of benzene rings is 1. The van der Waals surface area contributed by atoms with E-state index in [4.69, 9.17) is 4.74 Å². The highest BCUT2D eigenvalue weighted by atomic mass is 79.9. The first-order chi connectivity index (χ1) is 14.2. The second-order valence-electron chi connectivity index (χ2n) is 7.77. The molecule has 0 radical (unpaired) electrons. The third-order valence-electron chi connectivity index (χ3n) is 5.19. The van der Waals surface area contributed by atoms with Gasteiger partial charge in [0, 0.05) is 54.0 Å². The molecule has 0 bridgehead atoms. The van der Waals surface area contributed by atoms with Crippen LogP contribution in [0.15, 0.2) is 46.3 Å². The van der Waals surface area contributed by atoms with Gasteiger partial charge in [0.05, 0.1) is 6.61 Å². The van der Waals surface area contributed by atoms with Crippen LogP contribution in [0.1, 0.15) is 19.4 Å². The number of nitrogens with zero attached hydrogens (tertiary/aromatic N) is 4. The Kier molecular flexibility index (Phi) is 7.46. The van der Waals surface area contributed by atoms with Crippen molar-refractivity contribution in [1.29, 1.82) is 0 Å². The molecule has 1 aliphatic rings. The number of sulfonamides is 1. The first-order valence-corrected chi connectivity index (χ1v) is 12.0. The first-order valence-electron chi connectivity index (χ1n) is 9.73. The first kappa shape index (κ1) is 23.1. The van der Waals surface area contributed by atoms with Crippen LogP contribution in [0.25, 0.3) is 0 Å². The van der Waals surface area contributed by atoms with Crippen LogP contribution in [0.4, 0.5) is 0 Å². The van der Waals surface area contributed by atoms with Crippen molar-refractivity contribution in [3.63, 3.8) is 0 Å². The number of hydrogen-bond acceptors (Lipinski definition) is 7. The molecular formula is C20H27BrN4O4S. The second-order valence-corrected chi connectivity index (χ2v) is 10.5. The van der Waals surface area contributed by atoms with E-state index in [9.17, 15) is 13.5 Å². The molecule has 30 heavy (non-hydrogen) atoms. The Morgan fingerprint density at radius 3 is 2.73 bits per heavy atom. The summed E-state index contributed by atoms with van der Waals surface area (Å²) >= 11 is 3.41. The Balaban J connectivity index is 1.92. The molecule has 10 heteroatoms. The van der Waals surface area contributed by atoms with Gasteiger partial charge in [-0.25, -0.2) is 18.4 Å². The second kappa shape index (κ2) is 9.69. The molecule has 164 valence electrons. The van der Waals surface area contributed by atoms with Gasteiger partial charge in [0.25, 0.3) is 0 Å². The van der Waals surface area contributed by atoms with Gasteiger partial charge in [0.1, 0.15) is 23.1 Å². The number of ether oxygens (including phenoxy) is 1. The molecule has 8 nitrogen and oxygen atoms in total. The molecule has 0 saturated heterocycles. The topological polar surface area (TPSA) is 95.9 Å². The van der Waals surface area contributed by atoms with Crippen LogP contribution < -0.4 is 4.74 Å². The summed E-state index contributed by atoms with van der Waals surface area (Å²) in [5.74, 6) is 0.211. The maximum Gasteiger partial charge on any atom is 0.247 e. The Morgan fingerprint density at radius 2 is 2.07 bits per heavy atom. The van der Waals surface area contributed by atoms with Crippen molar-refractivity contribution in [3.8, 4) is 5.75 Å². The molecule has 0 amide bonds. The van der Waals surface area contributed by atoms with Crippen LogP contribution in [0, 0.1) is 5.92 Å². The third-order valence-corrected chi connectivity index (χ3v) is 7.70. The minimum Gasteiger partial charge on any atom is -0.487 e. The molecule has 2 heterocycles. The fourth-order valence-electron chi connectivity index (χ4n) is 3.51. The van der Waals surface area contributed by atoms with E-state index >= 15 is 0 Å². The summed E-state index contributed by atoms with van der Waals surface area (Å²) in [5.41, 5.74) is 0.986. The van der Waals surface area contributed by atoms with Crippen LogP contribution in [-0.4, -0.2) is 71.6 Å². The Labute approximate surface area is 186 Å². The van der Waals surface area contributed by atoms with Crippen molar-refractivity contribution in [3.05, 3.63) is 47.0 Å². The maximum atomic E-state index is 13.3. The van der Waals surface area contributed by atoms with Crippen LogP contribution in [-0.2, 0) is 16.6 Å². The van der Waals surface area contributed by atoms with Crippen molar-refractivity contribution in [2.45, 2.75) is 37.4 Å². The van der Waals surface area contributed by atoms with Gasteiger partial charge in [-0.15, -0.1) is 0 Å². The van der Waals surface area contributed by atoms with Gasteiger partial charge in [-0.2, -0.15) is 4.31 Å². The molecule has 1 aliphatic heterocycles. The van der Waals surface area contributed by atoms with Gasteiger partial charge in [0.15, 0.2) is 0 Å². The van der Waals surface area contributed by atoms with E-state index in [1.54, 1.807) is 37.5 Å². The summed E-state index contributed by atoms with van der Waals surface area (Å²) in [4.78, 5) is 10.3. The highest BCUT2D eigenvalue weighted by molar-refractivity contribution is 9.10. The van der Waals surface area contributed by atoms with Gasteiger partial charge >= 0.3 is 0 Å². The number of aliphatic hydroxyl groups is 1. The number of halogens is 1. The summed E-state index contributed by atoms with van der Waals surface area (Å²) < 4.78 is 35.0. The number of fused-ring (bicyclic) bond motifs is 1. The quantitative estimate of drug-likeness (QED) is 0.651. The summed E-state index contributed by atoms with van der Waals surface area (Å²) in [7, 11) is -1.83. The monoisotopic (exact) mass is 498 g/mol. The molecule has 0 aliphatic carbocycles. The van der Waals surface area contributed by atoms with Crippen molar-refractivity contribution >= 4 is 26.0 Å². The number of rotatable bonds is 6. The van der Waals surface area contributed by atoms with Crippen LogP contribution in [0.2, 0.25) is 0 Å². The lowest BCUT2D eigenvalue weighted by Crippen LogP contribution is -2.49. The van der Waals surface area contributed by atoms with E-state index in [1.807, 2.05) is 14.0 Å². The lowest BCUT2D eigenvalue weighted by atomic mass is 10.0. The molecule has 1 aromatic heterocycles. The zero-order valence-corrected chi connectivity index (χ0v) is 19.7. The predicted octanol–water partition coefficient (Wildman–Crippen LogP) is 2.14. The summed E-state index contributed by atoms with van der Waals surface area (Å²) in [5, 5.41) is 9.67. The Bertz CT molecular complexity index is 961. The van der Waals surface area contributed by atoms with Crippen molar-refractivity contribution in [1.82, 2.24) is 19.2 Å². The molecule has 3 atom stereocenters. The molecule has 0 fully saturated rings. The fraction of sp³-hybridized carbons (Fsp3) is 0.500. The Hall–Kier alpha value is -1.59. The van der Waals surface area contributed by atoms with Gasteiger partial charge < -0.3 is 9.84 Å². The average molecular weight is 499 g/mol. The molecule has 1 N–H and O–H groups in total. The largest absolute Gasteiger partial charge is 0.487 e. The molecule has 2 aromatic rings. The van der Waals surface area contributed by atoms with Gasteiger partial charge in [-0.3, -0.25) is 4.90 Å². The van der Waals surface area contributed by atoms with Crippen LogP contribution in [0.5, 0.6) is 5.75 Å². The normalized spacial score (nSPS) is 22.6. The minimum absolute atomic E-state index is 0.102. The van der Waals surface area contributed by atoms with Gasteiger partial charge in [0.2, 0.25) is 10.0 Å². The molecule has 3 rings (SSSR count). The lowest BCUT2D eigenvalue weighted by molar-refractivity contribution is 0.0732. The lowest BCUT2D eigenvalue weighted by Gasteiger charge is -2.37. The van der Waals surface area contributed by atoms with E-state index in [0.29, 0.717) is 18.8 Å². The molecule has 0 unspecified atom stereocenters. The standard InChI is InChI=1S/C20H27BrN4O4S/c1-14-9-25(15(2)12-26)30(27,28)20-5-4-17(21)6-18(20)29-19(14)11-24(3)10-16-7-22-13-23-8-16/h4-8,13-15,19,26H,9-12H2,1-3H3/t14-,15+,19+/m0/s1. The SMILES string of the molecule is C[C@H](CO)N1C[C@H](C)[C@@H](CN(C)Cc2cncnc2)Oc2cc(Br)ccc2S1(=O)=O. The van der Waals surface area contributed by atoms with Crippen LogP contribution >= 0.6 is 15.9 Å². The number of aromatic nitrogens is 2. The highest BCUT2D eigenvalue weighted by Gasteiger charge is 2.38. The van der Waals surface area contributed by atoms with Crippen molar-refractivity contribution in [2.75, 3.05) is 26.7 Å². The summed E-state index contributed by atoms with van der Waals surface area (Å²) in [6.07, 6.45) is 4.79. The van der Waals surface area contributed by atoms with E-state index in [2.05, 4.69) is 30.8 Å². The average Bonchev–Trinajstić information content (AvgIpc) is 2.70. The van der Waals surface area contributed by atoms with E-state index in [1.165, 1.54) is 10.6 Å². The fourth-order valence-corrected chi connectivity index (χ4v) is 5.68. The summed E-state index contributed by atoms with van der Waals surface area (Å²) in [6, 6.07) is 4.38. The van der Waals surface area contributed by atoms with Gasteiger partial charge in [-0.05, 0) is 32.2 Å². The Morgan fingerprint density at radius 1 is 1.37 bits per heavy atom. The number of hydrogen-bond donors (Lipinski definition) is 1. The smallest absolute Gasteiger partial charge is 0.247 e. The number of aliphatic hydroxyl groups excluding tert-OH is 1. The number of likely N-dealkylation sites (N-methyl/N-ethyl adjacent to an activating group) is 1. The zero-order chi connectivity index (χ0) is 21.9. The molecule has 1 aromatic carbocycles. The maximum absolute atomic E-state index is 13.3. The van der Waals surface area contributed by atoms with E-state index in [0.717, 1.165) is 10.0 Å².